The van der Waals surface area contributed by atoms with Gasteiger partial charge in [0.15, 0.2) is 0 Å². The van der Waals surface area contributed by atoms with Gasteiger partial charge in [-0.1, -0.05) is 0 Å². The molecule has 0 spiro atoms. The van der Waals surface area contributed by atoms with Crippen LogP contribution in [0.4, 0.5) is 5.82 Å². The summed E-state index contributed by atoms with van der Waals surface area (Å²) in [4.78, 5) is 2.51. The van der Waals surface area contributed by atoms with E-state index in [9.17, 15) is 0 Å². The Morgan fingerprint density at radius 3 is 2.84 bits per heavy atom. The molecule has 1 aromatic heterocycles. The molecule has 1 aliphatic heterocycles. The molecular formula is C14H23N5. The molecule has 104 valence electrons. The van der Waals surface area contributed by atoms with Crippen molar-refractivity contribution in [3.8, 4) is 6.07 Å². The number of rotatable bonds is 4. The van der Waals surface area contributed by atoms with Gasteiger partial charge in [-0.25, -0.2) is 0 Å². The SMILES string of the molecule is Cc1nn(C)c(NCC2CCN(C(C)C)C2)c1C#N. The third-order valence-corrected chi connectivity index (χ3v) is 3.94. The second-order valence-electron chi connectivity index (χ2n) is 5.67. The number of nitrogens with zero attached hydrogens (tertiary/aromatic N) is 4. The molecule has 0 bridgehead atoms. The first-order chi connectivity index (χ1) is 9.02. The van der Waals surface area contributed by atoms with Crippen LogP contribution in [-0.2, 0) is 7.05 Å². The first kappa shape index (κ1) is 13.9. The van der Waals surface area contributed by atoms with Crippen molar-refractivity contribution >= 4 is 5.82 Å². The summed E-state index contributed by atoms with van der Waals surface area (Å²) in [7, 11) is 1.88. The lowest BCUT2D eigenvalue weighted by Gasteiger charge is -2.20. The molecule has 19 heavy (non-hydrogen) atoms. The third-order valence-electron chi connectivity index (χ3n) is 3.94. The van der Waals surface area contributed by atoms with Gasteiger partial charge in [0.25, 0.3) is 0 Å². The lowest BCUT2D eigenvalue weighted by Crippen LogP contribution is -2.29. The topological polar surface area (TPSA) is 56.9 Å². The van der Waals surface area contributed by atoms with Crippen molar-refractivity contribution in [2.75, 3.05) is 25.0 Å². The van der Waals surface area contributed by atoms with Crippen molar-refractivity contribution < 1.29 is 0 Å². The van der Waals surface area contributed by atoms with E-state index < -0.39 is 0 Å². The number of anilines is 1. The maximum absolute atomic E-state index is 9.17. The second kappa shape index (κ2) is 5.62. The highest BCUT2D eigenvalue weighted by molar-refractivity contribution is 5.54. The normalized spacial score (nSPS) is 19.9. The molecule has 0 aromatic carbocycles. The molecule has 0 saturated carbocycles. The van der Waals surface area contributed by atoms with Crippen LogP contribution >= 0.6 is 0 Å². The molecule has 0 amide bonds. The third kappa shape index (κ3) is 2.90. The average Bonchev–Trinajstić information content (AvgIpc) is 2.91. The van der Waals surface area contributed by atoms with E-state index in [0.29, 0.717) is 17.5 Å². The van der Waals surface area contributed by atoms with Gasteiger partial charge in [0.05, 0.1) is 5.69 Å². The first-order valence-corrected chi connectivity index (χ1v) is 6.94. The lowest BCUT2D eigenvalue weighted by molar-refractivity contribution is 0.266. The van der Waals surface area contributed by atoms with Gasteiger partial charge in [-0.05, 0) is 39.7 Å². The van der Waals surface area contributed by atoms with Crippen molar-refractivity contribution in [3.05, 3.63) is 11.3 Å². The predicted molar refractivity (Wildman–Crippen MR) is 76.0 cm³/mol. The minimum absolute atomic E-state index is 0.624. The second-order valence-corrected chi connectivity index (χ2v) is 5.67. The van der Waals surface area contributed by atoms with E-state index in [1.807, 2.05) is 14.0 Å². The van der Waals surface area contributed by atoms with E-state index >= 15 is 0 Å². The van der Waals surface area contributed by atoms with Crippen LogP contribution in [0.2, 0.25) is 0 Å². The molecule has 0 aliphatic carbocycles. The predicted octanol–water partition coefficient (Wildman–Crippen LogP) is 1.74. The van der Waals surface area contributed by atoms with E-state index in [1.54, 1.807) is 4.68 Å². The Morgan fingerprint density at radius 1 is 1.53 bits per heavy atom. The van der Waals surface area contributed by atoms with E-state index in [4.69, 9.17) is 5.26 Å². The standard InChI is InChI=1S/C14H23N5/c1-10(2)19-6-5-12(9-19)8-16-14-13(7-15)11(3)17-18(14)4/h10,12,16H,5-6,8-9H2,1-4H3. The molecule has 1 aliphatic rings. The highest BCUT2D eigenvalue weighted by Crippen LogP contribution is 2.21. The number of aryl methyl sites for hydroxylation is 2. The highest BCUT2D eigenvalue weighted by Gasteiger charge is 2.24. The summed E-state index contributed by atoms with van der Waals surface area (Å²) in [6.45, 7) is 9.60. The Balaban J connectivity index is 1.95. The van der Waals surface area contributed by atoms with Gasteiger partial charge in [-0.3, -0.25) is 4.68 Å². The zero-order chi connectivity index (χ0) is 14.0. The number of likely N-dealkylation sites (tertiary alicyclic amines) is 1. The summed E-state index contributed by atoms with van der Waals surface area (Å²) in [6.07, 6.45) is 1.23. The molecule has 1 aromatic rings. The van der Waals surface area contributed by atoms with Crippen molar-refractivity contribution in [1.29, 1.82) is 5.26 Å². The molecule has 1 saturated heterocycles. The van der Waals surface area contributed by atoms with E-state index in [0.717, 1.165) is 24.6 Å². The fourth-order valence-electron chi connectivity index (χ4n) is 2.73. The molecule has 0 radical (unpaired) electrons. The van der Waals surface area contributed by atoms with Gasteiger partial charge in [0, 0.05) is 26.2 Å². The van der Waals surface area contributed by atoms with Crippen LogP contribution in [0.25, 0.3) is 0 Å². The van der Waals surface area contributed by atoms with Crippen LogP contribution in [-0.4, -0.2) is 40.4 Å². The van der Waals surface area contributed by atoms with Gasteiger partial charge in [0.2, 0.25) is 0 Å². The van der Waals surface area contributed by atoms with Crippen LogP contribution < -0.4 is 5.32 Å². The average molecular weight is 261 g/mol. The molecular weight excluding hydrogens is 238 g/mol. The van der Waals surface area contributed by atoms with Crippen LogP contribution in [0.5, 0.6) is 0 Å². The van der Waals surface area contributed by atoms with Crippen LogP contribution in [0.1, 0.15) is 31.5 Å². The van der Waals surface area contributed by atoms with Crippen LogP contribution in [0.3, 0.4) is 0 Å². The first-order valence-electron chi connectivity index (χ1n) is 6.94. The quantitative estimate of drug-likeness (QED) is 0.897. The van der Waals surface area contributed by atoms with E-state index in [2.05, 4.69) is 35.2 Å². The summed E-state index contributed by atoms with van der Waals surface area (Å²) in [5.41, 5.74) is 1.46. The molecule has 5 nitrogen and oxygen atoms in total. The minimum Gasteiger partial charge on any atom is -0.369 e. The summed E-state index contributed by atoms with van der Waals surface area (Å²) in [5, 5.41) is 16.9. The number of nitriles is 1. The van der Waals surface area contributed by atoms with Crippen molar-refractivity contribution in [2.45, 2.75) is 33.2 Å². The lowest BCUT2D eigenvalue weighted by atomic mass is 10.1. The molecule has 1 unspecified atom stereocenters. The zero-order valence-corrected chi connectivity index (χ0v) is 12.3. The Labute approximate surface area is 115 Å². The number of aromatic nitrogens is 2. The van der Waals surface area contributed by atoms with Crippen molar-refractivity contribution in [3.63, 3.8) is 0 Å². The summed E-state index contributed by atoms with van der Waals surface area (Å²) in [6, 6.07) is 2.85. The molecule has 1 fully saturated rings. The van der Waals surface area contributed by atoms with Gasteiger partial charge in [-0.2, -0.15) is 10.4 Å². The molecule has 1 atom stereocenters. The Morgan fingerprint density at radius 2 is 2.26 bits per heavy atom. The fraction of sp³-hybridized carbons (Fsp3) is 0.714. The molecule has 2 rings (SSSR count). The smallest absolute Gasteiger partial charge is 0.142 e. The van der Waals surface area contributed by atoms with Gasteiger partial charge in [0.1, 0.15) is 17.5 Å². The molecule has 2 heterocycles. The monoisotopic (exact) mass is 261 g/mol. The van der Waals surface area contributed by atoms with E-state index in [-0.39, 0.29) is 0 Å². The van der Waals surface area contributed by atoms with Crippen molar-refractivity contribution in [2.24, 2.45) is 13.0 Å². The summed E-state index contributed by atoms with van der Waals surface area (Å²) in [5.74, 6) is 1.51. The number of hydrogen-bond donors (Lipinski definition) is 1. The Bertz CT molecular complexity index is 483. The van der Waals surface area contributed by atoms with Crippen LogP contribution in [0, 0.1) is 24.2 Å². The number of nitrogens with one attached hydrogen (secondary N) is 1. The highest BCUT2D eigenvalue weighted by atomic mass is 15.3. The maximum Gasteiger partial charge on any atom is 0.142 e. The minimum atomic E-state index is 0.624. The zero-order valence-electron chi connectivity index (χ0n) is 12.3. The van der Waals surface area contributed by atoms with Crippen LogP contribution in [0.15, 0.2) is 0 Å². The summed E-state index contributed by atoms with van der Waals surface area (Å²) >= 11 is 0. The Kier molecular flexibility index (Phi) is 4.11. The largest absolute Gasteiger partial charge is 0.369 e. The fourth-order valence-corrected chi connectivity index (χ4v) is 2.73. The van der Waals surface area contributed by atoms with Gasteiger partial charge in [-0.15, -0.1) is 0 Å². The van der Waals surface area contributed by atoms with E-state index in [1.165, 1.54) is 13.0 Å². The Hall–Kier alpha value is -1.54. The van der Waals surface area contributed by atoms with Crippen molar-refractivity contribution in [1.82, 2.24) is 14.7 Å². The molecule has 1 N–H and O–H groups in total. The molecule has 5 heteroatoms. The number of hydrogen-bond acceptors (Lipinski definition) is 4. The maximum atomic E-state index is 9.17. The van der Waals surface area contributed by atoms with Gasteiger partial charge >= 0.3 is 0 Å². The summed E-state index contributed by atoms with van der Waals surface area (Å²) < 4.78 is 1.77. The van der Waals surface area contributed by atoms with Gasteiger partial charge < -0.3 is 10.2 Å².